The van der Waals surface area contributed by atoms with Gasteiger partial charge in [0.05, 0.1) is 16.8 Å². The lowest BCUT2D eigenvalue weighted by molar-refractivity contribution is 0.361. The fraction of sp³-hybridized carbons (Fsp3) is 0.0588. The van der Waals surface area contributed by atoms with Gasteiger partial charge in [-0.15, -0.1) is 0 Å². The smallest absolute Gasteiger partial charge is 0.178 e. The third-order valence-corrected chi connectivity index (χ3v) is 11.0. The van der Waals surface area contributed by atoms with Gasteiger partial charge in [-0.2, -0.15) is 0 Å². The average Bonchev–Trinajstić information content (AvgIpc) is 3.57. The van der Waals surface area contributed by atoms with Crippen LogP contribution in [0, 0.1) is 0 Å². The van der Waals surface area contributed by atoms with E-state index < -0.39 is 5.41 Å². The number of aromatic nitrogens is 2. The number of hydrogen-bond donors (Lipinski definition) is 0. The number of benzene rings is 7. The van der Waals surface area contributed by atoms with Gasteiger partial charge in [0.1, 0.15) is 0 Å². The van der Waals surface area contributed by atoms with Crippen molar-refractivity contribution in [3.8, 4) is 67.9 Å². The summed E-state index contributed by atoms with van der Waals surface area (Å²) >= 11 is 0. The summed E-state index contributed by atoms with van der Waals surface area (Å²) in [7, 11) is 0. The molecule has 0 atom stereocenters. The standard InChI is InChI=1S/C51H36N2O2/c1-3-33(2)43-32-44(34-17-7-4-8-18-34)53-50(52-43)36-20-15-19-35(31-36)39-26-16-28-45-48(39)55-49-46(54-45)30-29-42-47(49)40-25-13-14-27-41(40)51(42,37-21-9-5-10-22-37)38-23-11-6-12-24-38/h3-32H,1-2H3/b33-3+. The second-order valence-electron chi connectivity index (χ2n) is 14.1. The molecule has 7 aromatic carbocycles. The summed E-state index contributed by atoms with van der Waals surface area (Å²) in [5.74, 6) is 3.44. The first kappa shape index (κ1) is 32.6. The molecule has 2 heterocycles. The minimum Gasteiger partial charge on any atom is -0.449 e. The lowest BCUT2D eigenvalue weighted by Gasteiger charge is -2.34. The van der Waals surface area contributed by atoms with Crippen molar-refractivity contribution < 1.29 is 9.47 Å². The number of hydrogen-bond acceptors (Lipinski definition) is 4. The number of fused-ring (bicyclic) bond motifs is 6. The van der Waals surface area contributed by atoms with Crippen molar-refractivity contribution in [2.45, 2.75) is 19.3 Å². The van der Waals surface area contributed by atoms with E-state index in [9.17, 15) is 0 Å². The molecule has 0 radical (unpaired) electrons. The van der Waals surface area contributed by atoms with Gasteiger partial charge >= 0.3 is 0 Å². The summed E-state index contributed by atoms with van der Waals surface area (Å²) in [6.07, 6.45) is 2.08. The summed E-state index contributed by atoms with van der Waals surface area (Å²) < 4.78 is 13.9. The van der Waals surface area contributed by atoms with Crippen LogP contribution in [0.5, 0.6) is 23.0 Å². The molecule has 0 saturated heterocycles. The van der Waals surface area contributed by atoms with Crippen molar-refractivity contribution in [1.82, 2.24) is 9.97 Å². The van der Waals surface area contributed by atoms with Crippen LogP contribution in [0.4, 0.5) is 0 Å². The molecule has 1 aliphatic heterocycles. The zero-order chi connectivity index (χ0) is 36.9. The lowest BCUT2D eigenvalue weighted by atomic mass is 9.68. The summed E-state index contributed by atoms with van der Waals surface area (Å²) in [6.45, 7) is 4.12. The number of rotatable bonds is 6. The minimum atomic E-state index is -0.542. The van der Waals surface area contributed by atoms with Crippen LogP contribution in [0.25, 0.3) is 50.5 Å². The van der Waals surface area contributed by atoms with Crippen LogP contribution in [-0.4, -0.2) is 9.97 Å². The van der Waals surface area contributed by atoms with Crippen LogP contribution >= 0.6 is 0 Å². The van der Waals surface area contributed by atoms with E-state index in [-0.39, 0.29) is 0 Å². The van der Waals surface area contributed by atoms with Crippen molar-refractivity contribution in [3.05, 3.63) is 210 Å². The first-order valence-corrected chi connectivity index (χ1v) is 18.7. The van der Waals surface area contributed by atoms with Gasteiger partial charge in [0.25, 0.3) is 0 Å². The lowest BCUT2D eigenvalue weighted by Crippen LogP contribution is -2.28. The Kier molecular flexibility index (Phi) is 7.77. The zero-order valence-corrected chi connectivity index (χ0v) is 30.5. The Bertz CT molecular complexity index is 2730. The van der Waals surface area contributed by atoms with Crippen LogP contribution in [0.3, 0.4) is 0 Å². The second kappa shape index (κ2) is 13.1. The zero-order valence-electron chi connectivity index (χ0n) is 30.5. The van der Waals surface area contributed by atoms with E-state index in [1.807, 2.05) is 37.3 Å². The highest BCUT2D eigenvalue weighted by Gasteiger charge is 2.48. The third-order valence-electron chi connectivity index (χ3n) is 11.0. The van der Waals surface area contributed by atoms with Crippen molar-refractivity contribution in [3.63, 3.8) is 0 Å². The summed E-state index contributed by atoms with van der Waals surface area (Å²) in [5.41, 5.74) is 13.2. The van der Waals surface area contributed by atoms with Gasteiger partial charge in [-0.1, -0.05) is 158 Å². The first-order chi connectivity index (χ1) is 27.1. The minimum absolute atomic E-state index is 0.542. The average molecular weight is 709 g/mol. The van der Waals surface area contributed by atoms with Gasteiger partial charge < -0.3 is 9.47 Å². The molecular weight excluding hydrogens is 673 g/mol. The van der Waals surface area contributed by atoms with Gasteiger partial charge in [0.15, 0.2) is 28.8 Å². The van der Waals surface area contributed by atoms with E-state index in [4.69, 9.17) is 19.4 Å². The number of ether oxygens (including phenoxy) is 2. The number of para-hydroxylation sites is 1. The van der Waals surface area contributed by atoms with Crippen LogP contribution in [0.2, 0.25) is 0 Å². The molecule has 55 heavy (non-hydrogen) atoms. The second-order valence-corrected chi connectivity index (χ2v) is 14.1. The van der Waals surface area contributed by atoms with Crippen molar-refractivity contribution in [2.24, 2.45) is 0 Å². The molecule has 4 nitrogen and oxygen atoms in total. The molecule has 0 fully saturated rings. The Balaban J connectivity index is 1.12. The molecule has 8 aromatic rings. The van der Waals surface area contributed by atoms with Crippen LogP contribution < -0.4 is 9.47 Å². The number of allylic oxidation sites excluding steroid dienone is 2. The molecule has 262 valence electrons. The Morgan fingerprint density at radius 3 is 1.87 bits per heavy atom. The Morgan fingerprint density at radius 2 is 1.13 bits per heavy atom. The maximum atomic E-state index is 7.15. The van der Waals surface area contributed by atoms with Crippen molar-refractivity contribution in [1.29, 1.82) is 0 Å². The van der Waals surface area contributed by atoms with Crippen LogP contribution in [0.1, 0.15) is 41.8 Å². The summed E-state index contributed by atoms with van der Waals surface area (Å²) in [6, 6.07) is 61.4. The number of nitrogens with zero attached hydrogens (tertiary/aromatic N) is 2. The molecule has 0 N–H and O–H groups in total. The maximum Gasteiger partial charge on any atom is 0.178 e. The molecule has 0 bridgehead atoms. The summed E-state index contributed by atoms with van der Waals surface area (Å²) in [5, 5.41) is 0. The SMILES string of the molecule is C/C=C(\C)c1cc(-c2ccccc2)nc(-c2cccc(-c3cccc4c3Oc3c(ccc5c3-c3ccccc3C5(c3ccccc3)c3ccccc3)O4)c2)n1. The molecule has 10 rings (SSSR count). The fourth-order valence-electron chi connectivity index (χ4n) is 8.32. The molecule has 0 amide bonds. The summed E-state index contributed by atoms with van der Waals surface area (Å²) in [4.78, 5) is 10.1. The Labute approximate surface area is 321 Å². The van der Waals surface area contributed by atoms with Crippen LogP contribution in [0.15, 0.2) is 182 Å². The highest BCUT2D eigenvalue weighted by Crippen LogP contribution is 2.62. The van der Waals surface area contributed by atoms with E-state index >= 15 is 0 Å². The molecule has 0 spiro atoms. The van der Waals surface area contributed by atoms with E-state index in [2.05, 4.69) is 159 Å². The molecular formula is C51H36N2O2. The van der Waals surface area contributed by atoms with E-state index in [0.29, 0.717) is 23.1 Å². The Hall–Kier alpha value is -7.04. The van der Waals surface area contributed by atoms with Gasteiger partial charge in [-0.05, 0) is 77.1 Å². The van der Waals surface area contributed by atoms with Gasteiger partial charge in [-0.25, -0.2) is 9.97 Å². The third kappa shape index (κ3) is 5.21. The topological polar surface area (TPSA) is 44.2 Å². The van der Waals surface area contributed by atoms with E-state index in [0.717, 1.165) is 56.1 Å². The molecule has 4 heteroatoms. The predicted octanol–water partition coefficient (Wildman–Crippen LogP) is 13.2. The highest BCUT2D eigenvalue weighted by atomic mass is 16.6. The highest BCUT2D eigenvalue weighted by molar-refractivity contribution is 5.92. The quantitative estimate of drug-likeness (QED) is 0.172. The van der Waals surface area contributed by atoms with Crippen molar-refractivity contribution >= 4 is 5.57 Å². The normalized spacial score (nSPS) is 13.5. The molecule has 0 saturated carbocycles. The van der Waals surface area contributed by atoms with Crippen molar-refractivity contribution in [2.75, 3.05) is 0 Å². The van der Waals surface area contributed by atoms with E-state index in [1.165, 1.54) is 22.3 Å². The van der Waals surface area contributed by atoms with E-state index in [1.54, 1.807) is 0 Å². The van der Waals surface area contributed by atoms with Crippen LogP contribution in [-0.2, 0) is 5.41 Å². The molecule has 2 aliphatic rings. The van der Waals surface area contributed by atoms with Gasteiger partial charge in [0, 0.05) is 22.3 Å². The largest absolute Gasteiger partial charge is 0.449 e. The first-order valence-electron chi connectivity index (χ1n) is 18.7. The molecule has 1 aromatic heterocycles. The Morgan fingerprint density at radius 1 is 0.509 bits per heavy atom. The monoisotopic (exact) mass is 708 g/mol. The predicted molar refractivity (Wildman–Crippen MR) is 222 cm³/mol. The fourth-order valence-corrected chi connectivity index (χ4v) is 8.32. The van der Waals surface area contributed by atoms with Gasteiger partial charge in [0.2, 0.25) is 0 Å². The molecule has 1 aliphatic carbocycles. The maximum absolute atomic E-state index is 7.15. The van der Waals surface area contributed by atoms with Gasteiger partial charge in [-0.3, -0.25) is 0 Å². The molecule has 0 unspecified atom stereocenters.